The molecule has 2 heterocycles. The lowest BCUT2D eigenvalue weighted by Gasteiger charge is -2.38. The molecule has 0 fully saturated rings. The van der Waals surface area contributed by atoms with E-state index in [4.69, 9.17) is 4.74 Å². The van der Waals surface area contributed by atoms with Gasteiger partial charge in [-0.25, -0.2) is 0 Å². The number of fused-ring (bicyclic) bond motifs is 1. The average molecular weight is 444 g/mol. The van der Waals surface area contributed by atoms with E-state index in [1.54, 1.807) is 36.2 Å². The Kier molecular flexibility index (Phi) is 7.20. The van der Waals surface area contributed by atoms with Crippen molar-refractivity contribution in [3.8, 4) is 5.75 Å². The first-order valence-electron chi connectivity index (χ1n) is 10.8. The summed E-state index contributed by atoms with van der Waals surface area (Å²) in [7, 11) is 5.64. The molecule has 0 aliphatic carbocycles. The number of nitrogens with one attached hydrogen (secondary N) is 1. The minimum absolute atomic E-state index is 0.00646. The van der Waals surface area contributed by atoms with Crippen molar-refractivity contribution in [1.82, 2.24) is 19.6 Å². The molecule has 9 nitrogen and oxygen atoms in total. The summed E-state index contributed by atoms with van der Waals surface area (Å²) in [4.78, 5) is 30.1. The van der Waals surface area contributed by atoms with Crippen molar-refractivity contribution in [2.75, 3.05) is 39.1 Å². The molecule has 0 saturated heterocycles. The van der Waals surface area contributed by atoms with E-state index >= 15 is 0 Å². The smallest absolute Gasteiger partial charge is 0.274 e. The minimum Gasteiger partial charge on any atom is -0.486 e. The summed E-state index contributed by atoms with van der Waals surface area (Å²) in [5.41, 5.74) is 1.93. The summed E-state index contributed by atoms with van der Waals surface area (Å²) in [6.45, 7) is 6.64. The largest absolute Gasteiger partial charge is 0.486 e. The second-order valence-corrected chi connectivity index (χ2v) is 8.82. The van der Waals surface area contributed by atoms with Gasteiger partial charge in [-0.1, -0.05) is 13.0 Å². The SMILES string of the molecule is Cc1cc(C(=O)Nc2cccc3c2OC(CN(C)C)C(C)CN(C(C)CO)C3=O)n(C)n1. The minimum atomic E-state index is -0.341. The number of hydrogen-bond acceptors (Lipinski definition) is 6. The number of likely N-dealkylation sites (N-methyl/N-ethyl adjacent to an activating group) is 1. The number of para-hydroxylation sites is 1. The van der Waals surface area contributed by atoms with Crippen LogP contribution < -0.4 is 10.1 Å². The highest BCUT2D eigenvalue weighted by molar-refractivity contribution is 6.06. The quantitative estimate of drug-likeness (QED) is 0.706. The molecule has 0 bridgehead atoms. The summed E-state index contributed by atoms with van der Waals surface area (Å²) >= 11 is 0. The van der Waals surface area contributed by atoms with Gasteiger partial charge >= 0.3 is 0 Å². The van der Waals surface area contributed by atoms with E-state index in [0.717, 1.165) is 5.69 Å². The predicted octanol–water partition coefficient (Wildman–Crippen LogP) is 1.76. The zero-order valence-electron chi connectivity index (χ0n) is 19.6. The van der Waals surface area contributed by atoms with Crippen LogP contribution in [-0.4, -0.2) is 82.4 Å². The van der Waals surface area contributed by atoms with Crippen LogP contribution in [0.5, 0.6) is 5.75 Å². The molecule has 9 heteroatoms. The van der Waals surface area contributed by atoms with Crippen LogP contribution in [0.2, 0.25) is 0 Å². The Morgan fingerprint density at radius 1 is 1.41 bits per heavy atom. The molecule has 1 aliphatic rings. The van der Waals surface area contributed by atoms with E-state index in [1.165, 1.54) is 4.68 Å². The maximum atomic E-state index is 13.4. The first-order valence-corrected chi connectivity index (χ1v) is 10.8. The molecule has 2 aromatic rings. The van der Waals surface area contributed by atoms with Gasteiger partial charge in [-0.05, 0) is 46.1 Å². The van der Waals surface area contributed by atoms with Crippen LogP contribution in [0.4, 0.5) is 5.69 Å². The van der Waals surface area contributed by atoms with Gasteiger partial charge in [0, 0.05) is 26.1 Å². The van der Waals surface area contributed by atoms with Crippen LogP contribution in [0.25, 0.3) is 0 Å². The van der Waals surface area contributed by atoms with Crippen LogP contribution in [0.3, 0.4) is 0 Å². The van der Waals surface area contributed by atoms with Gasteiger partial charge in [0.1, 0.15) is 11.8 Å². The fraction of sp³-hybridized carbons (Fsp3) is 0.522. The standard InChI is InChI=1S/C23H33N5O4/c1-14-11-28(16(3)13-29)23(31)17-8-7-9-18(21(17)32-20(14)12-26(4)5)24-22(30)19-10-15(2)25-27(19)6/h7-10,14,16,20,29H,11-13H2,1-6H3,(H,24,30). The van der Waals surface area contributed by atoms with Gasteiger partial charge in [-0.2, -0.15) is 5.10 Å². The monoisotopic (exact) mass is 443 g/mol. The molecule has 3 rings (SSSR count). The summed E-state index contributed by atoms with van der Waals surface area (Å²) in [5, 5.41) is 16.9. The third kappa shape index (κ3) is 4.94. The zero-order chi connectivity index (χ0) is 23.6. The van der Waals surface area contributed by atoms with Crippen LogP contribution >= 0.6 is 0 Å². The molecule has 0 saturated carbocycles. The highest BCUT2D eigenvalue weighted by Crippen LogP contribution is 2.35. The van der Waals surface area contributed by atoms with Gasteiger partial charge < -0.3 is 25.0 Å². The molecule has 1 aromatic carbocycles. The molecule has 2 amide bonds. The lowest BCUT2D eigenvalue weighted by atomic mass is 9.99. The van der Waals surface area contributed by atoms with E-state index in [-0.39, 0.29) is 36.5 Å². The number of ether oxygens (including phenoxy) is 1. The number of rotatable bonds is 6. The molecule has 1 aromatic heterocycles. The number of aliphatic hydroxyl groups is 1. The highest BCUT2D eigenvalue weighted by Gasteiger charge is 2.34. The maximum absolute atomic E-state index is 13.4. The Hall–Kier alpha value is -2.91. The summed E-state index contributed by atoms with van der Waals surface area (Å²) < 4.78 is 7.93. The molecule has 0 radical (unpaired) electrons. The fourth-order valence-electron chi connectivity index (χ4n) is 3.93. The van der Waals surface area contributed by atoms with Crippen LogP contribution in [0, 0.1) is 12.8 Å². The molecule has 3 unspecified atom stereocenters. The van der Waals surface area contributed by atoms with E-state index in [1.807, 2.05) is 39.8 Å². The average Bonchev–Trinajstić information content (AvgIpc) is 3.08. The van der Waals surface area contributed by atoms with Gasteiger partial charge in [0.2, 0.25) is 0 Å². The lowest BCUT2D eigenvalue weighted by Crippen LogP contribution is -2.49. The van der Waals surface area contributed by atoms with Crippen molar-refractivity contribution in [1.29, 1.82) is 0 Å². The highest BCUT2D eigenvalue weighted by atomic mass is 16.5. The van der Waals surface area contributed by atoms with Crippen molar-refractivity contribution in [2.24, 2.45) is 13.0 Å². The number of carbonyl (C=O) groups is 2. The normalized spacial score (nSPS) is 19.8. The number of amides is 2. The van der Waals surface area contributed by atoms with Crippen molar-refractivity contribution >= 4 is 17.5 Å². The number of benzene rings is 1. The molecule has 174 valence electrons. The third-order valence-electron chi connectivity index (χ3n) is 5.72. The van der Waals surface area contributed by atoms with Crippen LogP contribution in [-0.2, 0) is 7.05 Å². The van der Waals surface area contributed by atoms with E-state index in [2.05, 4.69) is 10.4 Å². The zero-order valence-corrected chi connectivity index (χ0v) is 19.6. The number of aromatic nitrogens is 2. The fourth-order valence-corrected chi connectivity index (χ4v) is 3.93. The molecule has 32 heavy (non-hydrogen) atoms. The first kappa shape index (κ1) is 23.7. The molecule has 2 N–H and O–H groups in total. The Bertz CT molecular complexity index is 987. The molecular formula is C23H33N5O4. The molecular weight excluding hydrogens is 410 g/mol. The number of hydrogen-bond donors (Lipinski definition) is 2. The number of aryl methyl sites for hydroxylation is 2. The van der Waals surface area contributed by atoms with Crippen molar-refractivity contribution < 1.29 is 19.4 Å². The summed E-state index contributed by atoms with van der Waals surface area (Å²) in [6.07, 6.45) is -0.220. The van der Waals surface area contributed by atoms with Crippen LogP contribution in [0.1, 0.15) is 40.4 Å². The molecule has 3 atom stereocenters. The molecule has 1 aliphatic heterocycles. The number of carbonyl (C=O) groups excluding carboxylic acids is 2. The van der Waals surface area contributed by atoms with E-state index in [9.17, 15) is 14.7 Å². The lowest BCUT2D eigenvalue weighted by molar-refractivity contribution is 0.0365. The number of anilines is 1. The first-order chi connectivity index (χ1) is 15.1. The van der Waals surface area contributed by atoms with Crippen molar-refractivity contribution in [3.05, 3.63) is 41.2 Å². The van der Waals surface area contributed by atoms with Gasteiger partial charge in [-0.3, -0.25) is 14.3 Å². The van der Waals surface area contributed by atoms with Crippen molar-refractivity contribution in [3.63, 3.8) is 0 Å². The van der Waals surface area contributed by atoms with E-state index in [0.29, 0.717) is 35.8 Å². The molecule has 0 spiro atoms. The van der Waals surface area contributed by atoms with Gasteiger partial charge in [-0.15, -0.1) is 0 Å². The Labute approximate surface area is 188 Å². The van der Waals surface area contributed by atoms with Gasteiger partial charge in [0.15, 0.2) is 5.75 Å². The summed E-state index contributed by atoms with van der Waals surface area (Å²) in [6, 6.07) is 6.51. The Morgan fingerprint density at radius 3 is 2.72 bits per heavy atom. The Balaban J connectivity index is 2.05. The number of aliphatic hydroxyl groups excluding tert-OH is 1. The predicted molar refractivity (Wildman–Crippen MR) is 122 cm³/mol. The van der Waals surface area contributed by atoms with Crippen LogP contribution in [0.15, 0.2) is 24.3 Å². The van der Waals surface area contributed by atoms with Gasteiger partial charge in [0.05, 0.1) is 29.6 Å². The van der Waals surface area contributed by atoms with Gasteiger partial charge in [0.25, 0.3) is 11.8 Å². The topological polar surface area (TPSA) is 99.9 Å². The van der Waals surface area contributed by atoms with Crippen molar-refractivity contribution in [2.45, 2.75) is 32.9 Å². The maximum Gasteiger partial charge on any atom is 0.274 e. The third-order valence-corrected chi connectivity index (χ3v) is 5.72. The van der Waals surface area contributed by atoms with E-state index < -0.39 is 0 Å². The Morgan fingerprint density at radius 2 is 2.12 bits per heavy atom. The summed E-state index contributed by atoms with van der Waals surface area (Å²) in [5.74, 6) is -0.216. The second kappa shape index (κ2) is 9.70. The number of nitrogens with zero attached hydrogens (tertiary/aromatic N) is 4. The second-order valence-electron chi connectivity index (χ2n) is 8.82.